The van der Waals surface area contributed by atoms with Gasteiger partial charge >= 0.3 is 0 Å². The molecule has 1 unspecified atom stereocenters. The fourth-order valence-corrected chi connectivity index (χ4v) is 4.27. The third-order valence-corrected chi connectivity index (χ3v) is 5.99. The first-order valence-corrected chi connectivity index (χ1v) is 10.3. The largest absolute Gasteiger partial charge is 0.309 e. The minimum absolute atomic E-state index is 0.0359. The predicted molar refractivity (Wildman–Crippen MR) is 113 cm³/mol. The summed E-state index contributed by atoms with van der Waals surface area (Å²) in [5.74, 6) is 0.616. The standard InChI is InChI=1S/C21H20N4O3S/c1-14(29-17-12-10-16(11-13-17)25(27)28)21(26)22-20-18-8-5-9-19(18)23-24(20)15-6-3-2-4-7-15/h2-4,6-7,10-14H,5,8-9H2,1H3,(H,22,26). The highest BCUT2D eigenvalue weighted by Crippen LogP contribution is 2.32. The van der Waals surface area contributed by atoms with Gasteiger partial charge in [0.2, 0.25) is 5.91 Å². The number of aromatic nitrogens is 2. The number of rotatable bonds is 6. The average molecular weight is 408 g/mol. The monoisotopic (exact) mass is 408 g/mol. The molecular weight excluding hydrogens is 388 g/mol. The number of aryl methyl sites for hydroxylation is 1. The quantitative estimate of drug-likeness (QED) is 0.371. The molecule has 4 rings (SSSR count). The second-order valence-electron chi connectivity index (χ2n) is 6.88. The molecule has 7 nitrogen and oxygen atoms in total. The van der Waals surface area contributed by atoms with Gasteiger partial charge in [0.05, 0.1) is 21.6 Å². The Morgan fingerprint density at radius 2 is 1.90 bits per heavy atom. The number of benzene rings is 2. The zero-order valence-electron chi connectivity index (χ0n) is 15.9. The Morgan fingerprint density at radius 3 is 2.59 bits per heavy atom. The fraction of sp³-hybridized carbons (Fsp3) is 0.238. The zero-order valence-corrected chi connectivity index (χ0v) is 16.7. The van der Waals surface area contributed by atoms with Crippen LogP contribution in [0.5, 0.6) is 0 Å². The third kappa shape index (κ3) is 4.02. The minimum Gasteiger partial charge on any atom is -0.309 e. The Bertz CT molecular complexity index is 1050. The van der Waals surface area contributed by atoms with E-state index in [0.717, 1.165) is 46.9 Å². The van der Waals surface area contributed by atoms with Crippen molar-refractivity contribution >= 4 is 29.2 Å². The van der Waals surface area contributed by atoms with Gasteiger partial charge in [-0.1, -0.05) is 18.2 Å². The second-order valence-corrected chi connectivity index (χ2v) is 8.29. The number of carbonyl (C=O) groups excluding carboxylic acids is 1. The highest BCUT2D eigenvalue weighted by atomic mass is 32.2. The highest BCUT2D eigenvalue weighted by Gasteiger charge is 2.26. The average Bonchev–Trinajstić information content (AvgIpc) is 3.31. The van der Waals surface area contributed by atoms with Gasteiger partial charge in [-0.2, -0.15) is 5.10 Å². The van der Waals surface area contributed by atoms with E-state index in [1.807, 2.05) is 41.9 Å². The number of anilines is 1. The number of fused-ring (bicyclic) bond motifs is 1. The van der Waals surface area contributed by atoms with E-state index in [4.69, 9.17) is 5.10 Å². The van der Waals surface area contributed by atoms with E-state index >= 15 is 0 Å². The van der Waals surface area contributed by atoms with Crippen LogP contribution in [0, 0.1) is 10.1 Å². The van der Waals surface area contributed by atoms with E-state index < -0.39 is 4.92 Å². The van der Waals surface area contributed by atoms with Gasteiger partial charge in [-0.15, -0.1) is 11.8 Å². The van der Waals surface area contributed by atoms with Crippen molar-refractivity contribution in [2.75, 3.05) is 5.32 Å². The number of non-ortho nitro benzene ring substituents is 1. The number of thioether (sulfide) groups is 1. The van der Waals surface area contributed by atoms with Gasteiger partial charge in [0, 0.05) is 22.6 Å². The molecule has 0 bridgehead atoms. The van der Waals surface area contributed by atoms with Crippen LogP contribution in [0.2, 0.25) is 0 Å². The van der Waals surface area contributed by atoms with Crippen LogP contribution in [0.3, 0.4) is 0 Å². The topological polar surface area (TPSA) is 90.1 Å². The Balaban J connectivity index is 1.53. The molecule has 0 radical (unpaired) electrons. The summed E-state index contributed by atoms with van der Waals surface area (Å²) in [5.41, 5.74) is 3.09. The van der Waals surface area contributed by atoms with Crippen LogP contribution in [0.15, 0.2) is 59.5 Å². The molecule has 0 aliphatic heterocycles. The summed E-state index contributed by atoms with van der Waals surface area (Å²) in [6, 6.07) is 16.0. The Kier molecular flexibility index (Phi) is 5.35. The summed E-state index contributed by atoms with van der Waals surface area (Å²) in [7, 11) is 0. The van der Waals surface area contributed by atoms with E-state index in [0.29, 0.717) is 0 Å². The van der Waals surface area contributed by atoms with Gasteiger partial charge in [0.15, 0.2) is 0 Å². The number of nitrogens with one attached hydrogen (secondary N) is 1. The van der Waals surface area contributed by atoms with Crippen LogP contribution in [-0.2, 0) is 17.6 Å². The van der Waals surface area contributed by atoms with Crippen molar-refractivity contribution in [3.63, 3.8) is 0 Å². The lowest BCUT2D eigenvalue weighted by Crippen LogP contribution is -2.24. The molecule has 1 aliphatic rings. The van der Waals surface area contributed by atoms with Crippen LogP contribution in [-0.4, -0.2) is 25.9 Å². The number of nitro benzene ring substituents is 1. The summed E-state index contributed by atoms with van der Waals surface area (Å²) >= 11 is 1.36. The molecular formula is C21H20N4O3S. The van der Waals surface area contributed by atoms with Crippen molar-refractivity contribution in [2.24, 2.45) is 0 Å². The van der Waals surface area contributed by atoms with E-state index in [9.17, 15) is 14.9 Å². The second kappa shape index (κ2) is 8.08. The Labute approximate surface area is 172 Å². The number of hydrogen-bond acceptors (Lipinski definition) is 5. The van der Waals surface area contributed by atoms with Gasteiger partial charge in [-0.25, -0.2) is 4.68 Å². The number of carbonyl (C=O) groups is 1. The van der Waals surface area contributed by atoms with Crippen molar-refractivity contribution in [3.8, 4) is 5.69 Å². The molecule has 0 saturated carbocycles. The summed E-state index contributed by atoms with van der Waals surface area (Å²) in [4.78, 5) is 24.1. The predicted octanol–water partition coefficient (Wildman–Crippen LogP) is 4.39. The first-order chi connectivity index (χ1) is 14.0. The third-order valence-electron chi connectivity index (χ3n) is 4.88. The van der Waals surface area contributed by atoms with Crippen LogP contribution < -0.4 is 5.32 Å². The molecule has 1 aliphatic carbocycles. The molecule has 8 heteroatoms. The molecule has 148 valence electrons. The lowest BCUT2D eigenvalue weighted by atomic mass is 10.2. The van der Waals surface area contributed by atoms with Crippen molar-refractivity contribution in [2.45, 2.75) is 36.3 Å². The Morgan fingerprint density at radius 1 is 1.17 bits per heavy atom. The maximum Gasteiger partial charge on any atom is 0.269 e. The SMILES string of the molecule is CC(Sc1ccc([N+](=O)[O-])cc1)C(=O)Nc1c2c(nn1-c1ccccc1)CCC2. The van der Waals surface area contributed by atoms with Gasteiger partial charge in [0.1, 0.15) is 5.82 Å². The summed E-state index contributed by atoms with van der Waals surface area (Å²) < 4.78 is 1.81. The first-order valence-electron chi connectivity index (χ1n) is 9.41. The highest BCUT2D eigenvalue weighted by molar-refractivity contribution is 8.00. The summed E-state index contributed by atoms with van der Waals surface area (Å²) in [6.07, 6.45) is 2.87. The molecule has 29 heavy (non-hydrogen) atoms. The van der Waals surface area contributed by atoms with Gasteiger partial charge in [-0.05, 0) is 50.5 Å². The molecule has 3 aromatic rings. The maximum atomic E-state index is 12.9. The van der Waals surface area contributed by atoms with Crippen LogP contribution in [0.25, 0.3) is 5.69 Å². The lowest BCUT2D eigenvalue weighted by molar-refractivity contribution is -0.384. The van der Waals surface area contributed by atoms with E-state index in [2.05, 4.69) is 5.32 Å². The molecule has 1 atom stereocenters. The van der Waals surface area contributed by atoms with Gasteiger partial charge in [0.25, 0.3) is 5.69 Å². The van der Waals surface area contributed by atoms with Crippen molar-refractivity contribution in [3.05, 3.63) is 76.0 Å². The molecule has 2 aromatic carbocycles. The summed E-state index contributed by atoms with van der Waals surface area (Å²) in [5, 5.41) is 18.2. The van der Waals surface area contributed by atoms with Crippen LogP contribution in [0.4, 0.5) is 11.5 Å². The van der Waals surface area contributed by atoms with E-state index in [1.54, 1.807) is 12.1 Å². The van der Waals surface area contributed by atoms with E-state index in [-0.39, 0.29) is 16.8 Å². The molecule has 1 amide bonds. The molecule has 1 aromatic heterocycles. The van der Waals surface area contributed by atoms with Gasteiger partial charge in [-0.3, -0.25) is 14.9 Å². The first kappa shape index (κ1) is 19.2. The van der Waals surface area contributed by atoms with Crippen molar-refractivity contribution in [1.82, 2.24) is 9.78 Å². The van der Waals surface area contributed by atoms with Crippen molar-refractivity contribution in [1.29, 1.82) is 0 Å². The molecule has 0 spiro atoms. The number of amides is 1. The Hall–Kier alpha value is -3.13. The van der Waals surface area contributed by atoms with Gasteiger partial charge < -0.3 is 5.32 Å². The fourth-order valence-electron chi connectivity index (χ4n) is 3.40. The smallest absolute Gasteiger partial charge is 0.269 e. The number of para-hydroxylation sites is 1. The van der Waals surface area contributed by atoms with Crippen molar-refractivity contribution < 1.29 is 9.72 Å². The normalized spacial score (nSPS) is 13.7. The number of hydrogen-bond donors (Lipinski definition) is 1. The molecule has 1 heterocycles. The minimum atomic E-state index is -0.435. The maximum absolute atomic E-state index is 12.9. The van der Waals surface area contributed by atoms with Crippen LogP contribution >= 0.6 is 11.8 Å². The van der Waals surface area contributed by atoms with E-state index in [1.165, 1.54) is 23.9 Å². The molecule has 0 saturated heterocycles. The molecule has 1 N–H and O–H groups in total. The zero-order chi connectivity index (χ0) is 20.4. The van der Waals surface area contributed by atoms with Crippen LogP contribution in [0.1, 0.15) is 24.6 Å². The lowest BCUT2D eigenvalue weighted by Gasteiger charge is -2.14. The number of nitrogens with zero attached hydrogens (tertiary/aromatic N) is 3. The number of nitro groups is 1. The molecule has 0 fully saturated rings. The summed E-state index contributed by atoms with van der Waals surface area (Å²) in [6.45, 7) is 1.82.